The predicted molar refractivity (Wildman–Crippen MR) is 102 cm³/mol. The number of piperidine rings is 1. The Kier molecular flexibility index (Phi) is 5.19. The highest BCUT2D eigenvalue weighted by Gasteiger charge is 2.50. The first-order chi connectivity index (χ1) is 14.3. The molecule has 4 rings (SSSR count). The molecule has 10 heteroatoms. The smallest absolute Gasteiger partial charge is 0.368 e. The number of H-pyrrole nitrogens is 1. The Hall–Kier alpha value is -3.01. The molecule has 0 bridgehead atoms. The molecule has 158 valence electrons. The van der Waals surface area contributed by atoms with E-state index in [1.807, 2.05) is 0 Å². The number of nitrogen functional groups attached to an aromatic ring is 1. The SMILES string of the molecule is Nc1nccc(C2CN(CC(F)(F)F)CCC2(c2ccc(F)cc2)c2ncc[nH]2)n1. The molecule has 0 spiro atoms. The van der Waals surface area contributed by atoms with Crippen molar-refractivity contribution in [3.8, 4) is 0 Å². The molecule has 0 radical (unpaired) electrons. The highest BCUT2D eigenvalue weighted by molar-refractivity contribution is 5.41. The fourth-order valence-electron chi connectivity index (χ4n) is 4.36. The number of rotatable bonds is 4. The Morgan fingerprint density at radius 3 is 2.53 bits per heavy atom. The van der Waals surface area contributed by atoms with Crippen molar-refractivity contribution in [3.63, 3.8) is 0 Å². The molecule has 2 atom stereocenters. The summed E-state index contributed by atoms with van der Waals surface area (Å²) in [7, 11) is 0. The Bertz CT molecular complexity index is 989. The lowest BCUT2D eigenvalue weighted by Crippen LogP contribution is -2.52. The fraction of sp³-hybridized carbons (Fsp3) is 0.350. The quantitative estimate of drug-likeness (QED) is 0.633. The number of likely N-dealkylation sites (tertiary alicyclic amines) is 1. The van der Waals surface area contributed by atoms with Crippen LogP contribution in [-0.4, -0.2) is 50.6 Å². The highest BCUT2D eigenvalue weighted by atomic mass is 19.4. The maximum Gasteiger partial charge on any atom is 0.401 e. The Labute approximate surface area is 170 Å². The topological polar surface area (TPSA) is 83.7 Å². The van der Waals surface area contributed by atoms with Crippen molar-refractivity contribution in [3.05, 3.63) is 71.8 Å². The zero-order valence-electron chi connectivity index (χ0n) is 15.9. The second-order valence-electron chi connectivity index (χ2n) is 7.41. The second kappa shape index (κ2) is 7.67. The van der Waals surface area contributed by atoms with Crippen LogP contribution in [0.4, 0.5) is 23.5 Å². The number of imidazole rings is 1. The molecule has 2 aromatic heterocycles. The van der Waals surface area contributed by atoms with Gasteiger partial charge in [0.2, 0.25) is 5.95 Å². The van der Waals surface area contributed by atoms with E-state index >= 15 is 0 Å². The minimum atomic E-state index is -4.32. The van der Waals surface area contributed by atoms with Crippen molar-refractivity contribution in [2.24, 2.45) is 0 Å². The van der Waals surface area contributed by atoms with E-state index in [1.54, 1.807) is 30.6 Å². The van der Waals surface area contributed by atoms with Gasteiger partial charge in [-0.2, -0.15) is 13.2 Å². The number of benzene rings is 1. The Balaban J connectivity index is 1.87. The predicted octanol–water partition coefficient (Wildman–Crippen LogP) is 3.26. The first kappa shape index (κ1) is 20.3. The van der Waals surface area contributed by atoms with Gasteiger partial charge in [-0.25, -0.2) is 19.3 Å². The van der Waals surface area contributed by atoms with Gasteiger partial charge in [0.05, 0.1) is 17.7 Å². The van der Waals surface area contributed by atoms with Crippen LogP contribution in [0, 0.1) is 5.82 Å². The summed E-state index contributed by atoms with van der Waals surface area (Å²) in [6.45, 7) is -0.760. The molecule has 3 heterocycles. The highest BCUT2D eigenvalue weighted by Crippen LogP contribution is 2.48. The van der Waals surface area contributed by atoms with Gasteiger partial charge in [0.1, 0.15) is 11.6 Å². The molecular formula is C20H20F4N6. The Morgan fingerprint density at radius 1 is 1.13 bits per heavy atom. The number of nitrogens with one attached hydrogen (secondary N) is 1. The van der Waals surface area contributed by atoms with Gasteiger partial charge >= 0.3 is 6.18 Å². The molecule has 1 fully saturated rings. The first-order valence-electron chi connectivity index (χ1n) is 9.41. The van der Waals surface area contributed by atoms with Crippen LogP contribution in [0.15, 0.2) is 48.9 Å². The van der Waals surface area contributed by atoms with Gasteiger partial charge in [-0.15, -0.1) is 0 Å². The molecule has 2 unspecified atom stereocenters. The lowest BCUT2D eigenvalue weighted by Gasteiger charge is -2.47. The van der Waals surface area contributed by atoms with Crippen molar-refractivity contribution in [2.75, 3.05) is 25.4 Å². The number of nitrogens with zero attached hydrogens (tertiary/aromatic N) is 4. The van der Waals surface area contributed by atoms with Gasteiger partial charge in [-0.1, -0.05) is 12.1 Å². The summed E-state index contributed by atoms with van der Waals surface area (Å²) in [5, 5.41) is 0. The van der Waals surface area contributed by atoms with Crippen LogP contribution >= 0.6 is 0 Å². The van der Waals surface area contributed by atoms with Gasteiger partial charge in [0, 0.05) is 31.1 Å². The molecule has 1 aliphatic heterocycles. The third-order valence-electron chi connectivity index (χ3n) is 5.59. The number of aromatic nitrogens is 4. The molecule has 30 heavy (non-hydrogen) atoms. The van der Waals surface area contributed by atoms with Crippen LogP contribution in [-0.2, 0) is 5.41 Å². The zero-order valence-corrected chi connectivity index (χ0v) is 15.9. The van der Waals surface area contributed by atoms with E-state index in [0.717, 1.165) is 5.56 Å². The van der Waals surface area contributed by atoms with Crippen LogP contribution < -0.4 is 5.73 Å². The van der Waals surface area contributed by atoms with Gasteiger partial charge in [0.15, 0.2) is 0 Å². The van der Waals surface area contributed by atoms with Crippen LogP contribution in [0.3, 0.4) is 0 Å². The van der Waals surface area contributed by atoms with Crippen molar-refractivity contribution >= 4 is 5.95 Å². The maximum atomic E-state index is 13.6. The van der Waals surface area contributed by atoms with E-state index in [-0.39, 0.29) is 19.0 Å². The van der Waals surface area contributed by atoms with E-state index < -0.39 is 29.9 Å². The molecule has 3 aromatic rings. The summed E-state index contributed by atoms with van der Waals surface area (Å²) < 4.78 is 53.0. The number of aromatic amines is 1. The Morgan fingerprint density at radius 2 is 1.90 bits per heavy atom. The van der Waals surface area contributed by atoms with E-state index in [0.29, 0.717) is 17.9 Å². The molecule has 0 saturated carbocycles. The summed E-state index contributed by atoms with van der Waals surface area (Å²) in [5.41, 5.74) is 6.20. The average Bonchev–Trinajstić information content (AvgIpc) is 3.23. The standard InChI is InChI=1S/C20H20F4N6/c21-14-3-1-13(2-4-14)19(17-26-8-9-27-17)6-10-30(12-20(22,23)24)11-15(19)16-5-7-28-18(25)29-16/h1-5,7-9,15H,6,10-12H2,(H,26,27)(H2,25,28,29). The summed E-state index contributed by atoms with van der Waals surface area (Å²) in [6.07, 6.45) is 0.743. The summed E-state index contributed by atoms with van der Waals surface area (Å²) in [5.74, 6) is -0.294. The second-order valence-corrected chi connectivity index (χ2v) is 7.41. The van der Waals surface area contributed by atoms with E-state index in [2.05, 4.69) is 19.9 Å². The summed E-state index contributed by atoms with van der Waals surface area (Å²) in [4.78, 5) is 17.1. The normalized spacial score (nSPS) is 22.9. The van der Waals surface area contributed by atoms with E-state index in [1.165, 1.54) is 23.2 Å². The molecule has 0 aliphatic carbocycles. The number of alkyl halides is 3. The number of hydrogen-bond acceptors (Lipinski definition) is 5. The third-order valence-corrected chi connectivity index (χ3v) is 5.59. The van der Waals surface area contributed by atoms with Gasteiger partial charge in [-0.05, 0) is 36.7 Å². The molecule has 1 aromatic carbocycles. The van der Waals surface area contributed by atoms with Crippen LogP contribution in [0.1, 0.15) is 29.4 Å². The first-order valence-corrected chi connectivity index (χ1v) is 9.41. The van der Waals surface area contributed by atoms with Crippen molar-refractivity contribution in [1.29, 1.82) is 0 Å². The van der Waals surface area contributed by atoms with Crippen LogP contribution in [0.2, 0.25) is 0 Å². The molecule has 1 aliphatic rings. The number of anilines is 1. The maximum absolute atomic E-state index is 13.6. The number of halogens is 4. The number of nitrogens with two attached hydrogens (primary N) is 1. The molecule has 6 nitrogen and oxygen atoms in total. The monoisotopic (exact) mass is 420 g/mol. The van der Waals surface area contributed by atoms with Crippen molar-refractivity contribution < 1.29 is 17.6 Å². The fourth-order valence-corrected chi connectivity index (χ4v) is 4.36. The third kappa shape index (κ3) is 3.87. The minimum Gasteiger partial charge on any atom is -0.368 e. The van der Waals surface area contributed by atoms with Crippen LogP contribution in [0.5, 0.6) is 0 Å². The largest absolute Gasteiger partial charge is 0.401 e. The summed E-state index contributed by atoms with van der Waals surface area (Å²) in [6, 6.07) is 7.63. The molecule has 3 N–H and O–H groups in total. The van der Waals surface area contributed by atoms with Gasteiger partial charge in [-0.3, -0.25) is 4.90 Å². The average molecular weight is 420 g/mol. The van der Waals surface area contributed by atoms with E-state index in [9.17, 15) is 17.6 Å². The van der Waals surface area contributed by atoms with Gasteiger partial charge < -0.3 is 10.7 Å². The minimum absolute atomic E-state index is 0.0351. The lowest BCUT2D eigenvalue weighted by molar-refractivity contribution is -0.149. The number of hydrogen-bond donors (Lipinski definition) is 2. The molecular weight excluding hydrogens is 400 g/mol. The van der Waals surface area contributed by atoms with Gasteiger partial charge in [0.25, 0.3) is 0 Å². The molecule has 1 saturated heterocycles. The zero-order chi connectivity index (χ0) is 21.4. The molecule has 0 amide bonds. The summed E-state index contributed by atoms with van der Waals surface area (Å²) >= 11 is 0. The van der Waals surface area contributed by atoms with Crippen LogP contribution in [0.25, 0.3) is 0 Å². The van der Waals surface area contributed by atoms with Crippen molar-refractivity contribution in [1.82, 2.24) is 24.8 Å². The van der Waals surface area contributed by atoms with Crippen molar-refractivity contribution in [2.45, 2.75) is 23.9 Å². The lowest BCUT2D eigenvalue weighted by atomic mass is 9.64. The van der Waals surface area contributed by atoms with E-state index in [4.69, 9.17) is 5.73 Å².